The van der Waals surface area contributed by atoms with Crippen LogP contribution < -0.4 is 10.6 Å². The molecule has 0 saturated heterocycles. The number of benzene rings is 2. The SMILES string of the molecule is CC(C)(C)OC(=O)CCOCCOCCNC(=O)CN(CCNC(=O)OC(C)(C)C)C(=O)OCC1c2ccccc2-c2ccccc21. The number of fused-ring (bicyclic) bond motifs is 3. The first kappa shape index (κ1) is 37.3. The van der Waals surface area contributed by atoms with Gasteiger partial charge in [0.05, 0.1) is 32.8 Å². The van der Waals surface area contributed by atoms with E-state index in [-0.39, 0.29) is 77.5 Å². The summed E-state index contributed by atoms with van der Waals surface area (Å²) in [6, 6.07) is 16.1. The lowest BCUT2D eigenvalue weighted by atomic mass is 9.98. The molecule has 12 nitrogen and oxygen atoms in total. The first-order valence-corrected chi connectivity index (χ1v) is 15.9. The molecule has 12 heteroatoms. The van der Waals surface area contributed by atoms with Crippen LogP contribution in [-0.4, -0.2) is 99.4 Å². The zero-order valence-corrected chi connectivity index (χ0v) is 28.4. The van der Waals surface area contributed by atoms with Gasteiger partial charge in [-0.1, -0.05) is 48.5 Å². The second-order valence-corrected chi connectivity index (χ2v) is 13.1. The molecule has 0 fully saturated rings. The van der Waals surface area contributed by atoms with E-state index in [0.29, 0.717) is 0 Å². The van der Waals surface area contributed by atoms with Crippen LogP contribution in [0.5, 0.6) is 0 Å². The maximum atomic E-state index is 13.3. The summed E-state index contributed by atoms with van der Waals surface area (Å²) in [6.45, 7) is 11.8. The molecule has 0 saturated carbocycles. The number of carbonyl (C=O) groups is 4. The number of hydrogen-bond acceptors (Lipinski definition) is 9. The third-order valence-electron chi connectivity index (χ3n) is 6.79. The number of amides is 3. The fraction of sp³-hybridized carbons (Fsp3) is 0.543. The third kappa shape index (κ3) is 13.2. The molecule has 2 N–H and O–H groups in total. The number of hydrogen-bond donors (Lipinski definition) is 2. The number of alkyl carbamates (subject to hydrolysis) is 1. The van der Waals surface area contributed by atoms with Gasteiger partial charge in [-0.05, 0) is 63.8 Å². The molecule has 1 aliphatic rings. The van der Waals surface area contributed by atoms with Crippen molar-refractivity contribution in [3.05, 3.63) is 59.7 Å². The zero-order chi connectivity index (χ0) is 34.5. The van der Waals surface area contributed by atoms with Gasteiger partial charge in [-0.25, -0.2) is 9.59 Å². The standard InChI is InChI=1S/C35H49N3O9/c1-34(2,3)46-31(40)15-19-43-21-22-44-20-17-36-30(39)23-38(18-16-37-32(41)47-35(4,5)6)33(42)45-24-29-27-13-9-7-11-25(27)26-12-8-10-14-28(26)29/h7-14,29H,15-24H2,1-6H3,(H,36,39)(H,37,41). The van der Waals surface area contributed by atoms with Gasteiger partial charge in [0.15, 0.2) is 0 Å². The van der Waals surface area contributed by atoms with Gasteiger partial charge in [-0.2, -0.15) is 0 Å². The van der Waals surface area contributed by atoms with Gasteiger partial charge >= 0.3 is 18.2 Å². The van der Waals surface area contributed by atoms with E-state index >= 15 is 0 Å². The van der Waals surface area contributed by atoms with Gasteiger partial charge in [-0.3, -0.25) is 14.5 Å². The fourth-order valence-electron chi connectivity index (χ4n) is 4.89. The Morgan fingerprint density at radius 3 is 1.89 bits per heavy atom. The summed E-state index contributed by atoms with van der Waals surface area (Å²) in [5.74, 6) is -0.873. The van der Waals surface area contributed by atoms with Gasteiger partial charge < -0.3 is 34.3 Å². The summed E-state index contributed by atoms with van der Waals surface area (Å²) in [5, 5.41) is 5.35. The quantitative estimate of drug-likeness (QED) is 0.150. The smallest absolute Gasteiger partial charge is 0.410 e. The minimum absolute atomic E-state index is 0.0282. The summed E-state index contributed by atoms with van der Waals surface area (Å²) in [5.41, 5.74) is 3.16. The van der Waals surface area contributed by atoms with Crippen LogP contribution in [0.25, 0.3) is 11.1 Å². The maximum absolute atomic E-state index is 13.3. The Kier molecular flexibility index (Phi) is 14.0. The molecule has 0 atom stereocenters. The van der Waals surface area contributed by atoms with E-state index in [2.05, 4.69) is 22.8 Å². The van der Waals surface area contributed by atoms with Crippen molar-refractivity contribution in [2.45, 2.75) is 65.1 Å². The predicted molar refractivity (Wildman–Crippen MR) is 176 cm³/mol. The number of carbonyl (C=O) groups excluding carboxylic acids is 4. The Labute approximate surface area is 277 Å². The minimum Gasteiger partial charge on any atom is -0.460 e. The second-order valence-electron chi connectivity index (χ2n) is 13.1. The molecular formula is C35H49N3O9. The average Bonchev–Trinajstić information content (AvgIpc) is 3.30. The van der Waals surface area contributed by atoms with Crippen LogP contribution in [0.2, 0.25) is 0 Å². The molecule has 2 aromatic rings. The van der Waals surface area contributed by atoms with Crippen LogP contribution in [0.1, 0.15) is 65.0 Å². The van der Waals surface area contributed by atoms with E-state index in [9.17, 15) is 19.2 Å². The van der Waals surface area contributed by atoms with Crippen LogP contribution in [0.15, 0.2) is 48.5 Å². The molecule has 0 spiro atoms. The normalized spacial score (nSPS) is 12.5. The van der Waals surface area contributed by atoms with E-state index in [0.717, 1.165) is 22.3 Å². The van der Waals surface area contributed by atoms with E-state index < -0.39 is 29.3 Å². The maximum Gasteiger partial charge on any atom is 0.410 e. The first-order valence-electron chi connectivity index (χ1n) is 15.9. The molecule has 0 heterocycles. The monoisotopic (exact) mass is 655 g/mol. The number of ether oxygens (including phenoxy) is 5. The van der Waals surface area contributed by atoms with Gasteiger partial charge in [0.2, 0.25) is 5.91 Å². The van der Waals surface area contributed by atoms with E-state index in [1.165, 1.54) is 4.90 Å². The van der Waals surface area contributed by atoms with Crippen molar-refractivity contribution in [2.75, 3.05) is 59.2 Å². The molecule has 3 rings (SSSR count). The number of nitrogens with zero attached hydrogens (tertiary/aromatic N) is 1. The lowest BCUT2D eigenvalue weighted by Crippen LogP contribution is -2.45. The lowest BCUT2D eigenvalue weighted by Gasteiger charge is -2.24. The Morgan fingerprint density at radius 2 is 1.30 bits per heavy atom. The Hall–Kier alpha value is -4.16. The molecule has 47 heavy (non-hydrogen) atoms. The second kappa shape index (κ2) is 17.7. The van der Waals surface area contributed by atoms with Crippen LogP contribution in [0.3, 0.4) is 0 Å². The van der Waals surface area contributed by atoms with Gasteiger partial charge in [-0.15, -0.1) is 0 Å². The van der Waals surface area contributed by atoms with Crippen molar-refractivity contribution < 1.29 is 42.9 Å². The average molecular weight is 656 g/mol. The topological polar surface area (TPSA) is 142 Å². The molecular weight excluding hydrogens is 606 g/mol. The number of esters is 1. The molecule has 2 aromatic carbocycles. The molecule has 1 aliphatic carbocycles. The molecule has 0 radical (unpaired) electrons. The third-order valence-corrected chi connectivity index (χ3v) is 6.79. The Morgan fingerprint density at radius 1 is 0.723 bits per heavy atom. The summed E-state index contributed by atoms with van der Waals surface area (Å²) in [7, 11) is 0. The number of rotatable bonds is 16. The Bertz CT molecular complexity index is 1300. The molecule has 0 unspecified atom stereocenters. The largest absolute Gasteiger partial charge is 0.460 e. The molecule has 0 aromatic heterocycles. The highest BCUT2D eigenvalue weighted by Gasteiger charge is 2.30. The molecule has 258 valence electrons. The van der Waals surface area contributed by atoms with Gasteiger partial charge in [0, 0.05) is 25.6 Å². The first-order chi connectivity index (χ1) is 22.2. The van der Waals surface area contributed by atoms with Crippen molar-refractivity contribution in [2.24, 2.45) is 0 Å². The summed E-state index contributed by atoms with van der Waals surface area (Å²) < 4.78 is 27.1. The highest BCUT2D eigenvalue weighted by atomic mass is 16.6. The van der Waals surface area contributed by atoms with Crippen LogP contribution in [0, 0.1) is 0 Å². The summed E-state index contributed by atoms with van der Waals surface area (Å²) >= 11 is 0. The summed E-state index contributed by atoms with van der Waals surface area (Å²) in [6.07, 6.45) is -1.14. The molecule has 0 bridgehead atoms. The molecule has 3 amide bonds. The highest BCUT2D eigenvalue weighted by molar-refractivity contribution is 5.82. The van der Waals surface area contributed by atoms with Crippen molar-refractivity contribution >= 4 is 24.1 Å². The van der Waals surface area contributed by atoms with E-state index in [1.807, 2.05) is 36.4 Å². The van der Waals surface area contributed by atoms with Crippen molar-refractivity contribution in [1.82, 2.24) is 15.5 Å². The van der Waals surface area contributed by atoms with Crippen LogP contribution >= 0.6 is 0 Å². The minimum atomic E-state index is -0.676. The molecule has 0 aliphatic heterocycles. The highest BCUT2D eigenvalue weighted by Crippen LogP contribution is 2.44. The fourth-order valence-corrected chi connectivity index (χ4v) is 4.89. The van der Waals surface area contributed by atoms with Crippen molar-refractivity contribution in [3.63, 3.8) is 0 Å². The van der Waals surface area contributed by atoms with E-state index in [1.54, 1.807) is 41.5 Å². The van der Waals surface area contributed by atoms with Gasteiger partial charge in [0.1, 0.15) is 24.4 Å². The van der Waals surface area contributed by atoms with E-state index in [4.69, 9.17) is 23.7 Å². The summed E-state index contributed by atoms with van der Waals surface area (Å²) in [4.78, 5) is 51.2. The number of nitrogens with one attached hydrogen (secondary N) is 2. The lowest BCUT2D eigenvalue weighted by molar-refractivity contribution is -0.156. The van der Waals surface area contributed by atoms with Crippen LogP contribution in [-0.2, 0) is 33.3 Å². The predicted octanol–water partition coefficient (Wildman–Crippen LogP) is 4.64. The van der Waals surface area contributed by atoms with Gasteiger partial charge in [0.25, 0.3) is 0 Å². The van der Waals surface area contributed by atoms with Crippen molar-refractivity contribution in [1.29, 1.82) is 0 Å². The zero-order valence-electron chi connectivity index (χ0n) is 28.4. The Balaban J connectivity index is 1.46. The van der Waals surface area contributed by atoms with Crippen molar-refractivity contribution in [3.8, 4) is 11.1 Å². The van der Waals surface area contributed by atoms with Crippen LogP contribution in [0.4, 0.5) is 9.59 Å².